The minimum Gasteiger partial charge on any atom is -0.497 e. The van der Waals surface area contributed by atoms with E-state index in [2.05, 4.69) is 33.0 Å². The number of urea groups is 2. The van der Waals surface area contributed by atoms with E-state index >= 15 is 0 Å². The summed E-state index contributed by atoms with van der Waals surface area (Å²) in [4.78, 5) is 52.9. The third kappa shape index (κ3) is 10.9. The molecule has 1 saturated carbocycles. The normalized spacial score (nSPS) is 16.9. The summed E-state index contributed by atoms with van der Waals surface area (Å²) in [6.07, 6.45) is 9.05. The first-order valence-electron chi connectivity index (χ1n) is 17.7. The molecule has 14 heteroatoms. The van der Waals surface area contributed by atoms with Gasteiger partial charge < -0.3 is 25.6 Å². The number of nitrogens with zero attached hydrogens (tertiary/aromatic N) is 4. The summed E-state index contributed by atoms with van der Waals surface area (Å²) in [5, 5.41) is 31.0. The highest BCUT2D eigenvalue weighted by atomic mass is 16.6. The van der Waals surface area contributed by atoms with Crippen molar-refractivity contribution in [3.8, 4) is 5.75 Å². The number of carbonyl (C=O) groups is 2. The fraction of sp³-hybridized carbons (Fsp3) is 0.459. The molecule has 3 aromatic rings. The van der Waals surface area contributed by atoms with Gasteiger partial charge in [-0.3, -0.25) is 25.1 Å². The van der Waals surface area contributed by atoms with E-state index in [0.717, 1.165) is 63.8 Å². The minimum absolute atomic E-state index is 0.0679. The molecule has 0 bridgehead atoms. The van der Waals surface area contributed by atoms with Crippen molar-refractivity contribution in [1.29, 1.82) is 0 Å². The number of ether oxygens (including phenoxy) is 1. The Morgan fingerprint density at radius 3 is 2.04 bits per heavy atom. The molecule has 2 aliphatic rings. The summed E-state index contributed by atoms with van der Waals surface area (Å²) in [6, 6.07) is 18.4. The Bertz CT molecular complexity index is 1610. The number of nitro groups is 2. The lowest BCUT2D eigenvalue weighted by atomic mass is 9.84. The SMILES string of the molecule is COc1ccc(CCN2CCC[C@H]2CN(C(=O)Nc2ccc([N+](=O)[O-])cc2)[C@@H](CNC(=O)Nc2ccc([N+](=O)[O-])cc2)CC2CCCCC2)cc1. The monoisotopic (exact) mass is 701 g/mol. The van der Waals surface area contributed by atoms with Crippen LogP contribution in [-0.2, 0) is 6.42 Å². The quantitative estimate of drug-likeness (QED) is 0.110. The van der Waals surface area contributed by atoms with Gasteiger partial charge in [-0.2, -0.15) is 0 Å². The highest BCUT2D eigenvalue weighted by Crippen LogP contribution is 2.30. The minimum atomic E-state index is -0.499. The van der Waals surface area contributed by atoms with E-state index < -0.39 is 15.9 Å². The van der Waals surface area contributed by atoms with Gasteiger partial charge in [0, 0.05) is 61.3 Å². The van der Waals surface area contributed by atoms with Gasteiger partial charge in [0.2, 0.25) is 0 Å². The van der Waals surface area contributed by atoms with Crippen molar-refractivity contribution in [2.75, 3.05) is 43.9 Å². The number of carbonyl (C=O) groups excluding carboxylic acids is 2. The second-order valence-corrected chi connectivity index (χ2v) is 13.3. The van der Waals surface area contributed by atoms with Crippen molar-refractivity contribution < 1.29 is 24.2 Å². The van der Waals surface area contributed by atoms with Crippen molar-refractivity contribution in [2.45, 2.75) is 69.9 Å². The van der Waals surface area contributed by atoms with Crippen LogP contribution in [0.3, 0.4) is 0 Å². The van der Waals surface area contributed by atoms with E-state index in [1.807, 2.05) is 17.0 Å². The van der Waals surface area contributed by atoms with Crippen molar-refractivity contribution >= 4 is 34.8 Å². The number of rotatable bonds is 15. The standard InChI is InChI=1S/C37H47N7O7/c1-51-35-19-9-27(10-20-35)21-23-41-22-5-8-33(41)26-42(37(46)40-30-13-17-32(18-14-30)44(49)50)34(24-28-6-3-2-4-7-28)25-38-36(45)39-29-11-15-31(16-12-29)43(47)48/h9-20,28,33-34H,2-8,21-26H2,1H3,(H,40,46)(H2,38,39,45)/t33-,34+/m0/s1. The Morgan fingerprint density at radius 1 is 0.843 bits per heavy atom. The molecule has 2 atom stereocenters. The molecule has 1 aliphatic carbocycles. The number of non-ortho nitro benzene ring substituents is 2. The Hall–Kier alpha value is -5.24. The summed E-state index contributed by atoms with van der Waals surface area (Å²) >= 11 is 0. The number of methoxy groups -OCH3 is 1. The molecule has 0 spiro atoms. The molecule has 2 fully saturated rings. The van der Waals surface area contributed by atoms with Crippen LogP contribution < -0.4 is 20.7 Å². The fourth-order valence-electron chi connectivity index (χ4n) is 7.13. The zero-order chi connectivity index (χ0) is 36.2. The molecule has 0 radical (unpaired) electrons. The van der Waals surface area contributed by atoms with E-state index in [9.17, 15) is 29.8 Å². The molecular formula is C37H47N7O7. The topological polar surface area (TPSA) is 172 Å². The van der Waals surface area contributed by atoms with Crippen LogP contribution in [-0.4, -0.2) is 77.1 Å². The number of anilines is 2. The van der Waals surface area contributed by atoms with Crippen LogP contribution in [0.2, 0.25) is 0 Å². The zero-order valence-electron chi connectivity index (χ0n) is 29.0. The number of hydrogen-bond acceptors (Lipinski definition) is 8. The second kappa shape index (κ2) is 18.1. The molecule has 1 aliphatic heterocycles. The van der Waals surface area contributed by atoms with Gasteiger partial charge in [0.25, 0.3) is 11.4 Å². The maximum Gasteiger partial charge on any atom is 0.322 e. The zero-order valence-corrected chi connectivity index (χ0v) is 29.0. The molecule has 4 amide bonds. The number of nitro benzene ring substituents is 2. The molecule has 1 heterocycles. The summed E-state index contributed by atoms with van der Waals surface area (Å²) in [6.45, 7) is 2.39. The van der Waals surface area contributed by atoms with Gasteiger partial charge in [0.15, 0.2) is 0 Å². The van der Waals surface area contributed by atoms with Gasteiger partial charge in [-0.15, -0.1) is 0 Å². The maximum atomic E-state index is 14.2. The Kier molecular flexibility index (Phi) is 13.2. The molecule has 14 nitrogen and oxygen atoms in total. The lowest BCUT2D eigenvalue weighted by Gasteiger charge is -2.38. The second-order valence-electron chi connectivity index (χ2n) is 13.3. The maximum absolute atomic E-state index is 14.2. The average molecular weight is 702 g/mol. The van der Waals surface area contributed by atoms with Crippen LogP contribution in [0, 0.1) is 26.1 Å². The summed E-state index contributed by atoms with van der Waals surface area (Å²) in [5.74, 6) is 1.21. The Labute approximate surface area is 297 Å². The first-order chi connectivity index (χ1) is 24.7. The molecule has 5 rings (SSSR count). The number of amides is 4. The number of nitrogens with one attached hydrogen (secondary N) is 3. The average Bonchev–Trinajstić information content (AvgIpc) is 3.59. The Balaban J connectivity index is 1.34. The van der Waals surface area contributed by atoms with Crippen LogP contribution >= 0.6 is 0 Å². The van der Waals surface area contributed by atoms with Crippen LogP contribution in [0.1, 0.15) is 56.9 Å². The van der Waals surface area contributed by atoms with Gasteiger partial charge in [0.05, 0.1) is 23.0 Å². The molecule has 0 unspecified atom stereocenters. The van der Waals surface area contributed by atoms with Crippen LogP contribution in [0.15, 0.2) is 72.8 Å². The smallest absolute Gasteiger partial charge is 0.322 e. The number of benzene rings is 3. The fourth-order valence-corrected chi connectivity index (χ4v) is 7.13. The van der Waals surface area contributed by atoms with Crippen molar-refractivity contribution in [1.82, 2.24) is 15.1 Å². The number of hydrogen-bond donors (Lipinski definition) is 3. The first kappa shape index (κ1) is 37.0. The van der Waals surface area contributed by atoms with Gasteiger partial charge in [-0.05, 0) is 80.1 Å². The van der Waals surface area contributed by atoms with Gasteiger partial charge >= 0.3 is 12.1 Å². The van der Waals surface area contributed by atoms with Gasteiger partial charge in [-0.25, -0.2) is 9.59 Å². The van der Waals surface area contributed by atoms with E-state index in [1.54, 1.807) is 7.11 Å². The number of likely N-dealkylation sites (tertiary alicyclic amines) is 1. The van der Waals surface area contributed by atoms with Crippen molar-refractivity contribution in [2.24, 2.45) is 5.92 Å². The van der Waals surface area contributed by atoms with Crippen LogP contribution in [0.25, 0.3) is 0 Å². The van der Waals surface area contributed by atoms with E-state index in [-0.39, 0.29) is 36.0 Å². The lowest BCUT2D eigenvalue weighted by Crippen LogP contribution is -2.54. The van der Waals surface area contributed by atoms with E-state index in [1.165, 1.54) is 60.5 Å². The summed E-state index contributed by atoms with van der Waals surface area (Å²) in [5.41, 5.74) is 1.91. The molecule has 0 aromatic heterocycles. The van der Waals surface area contributed by atoms with E-state index in [0.29, 0.717) is 30.3 Å². The lowest BCUT2D eigenvalue weighted by molar-refractivity contribution is -0.385. The molecule has 3 N–H and O–H groups in total. The van der Waals surface area contributed by atoms with Crippen molar-refractivity contribution in [3.05, 3.63) is 98.6 Å². The third-order valence-corrected chi connectivity index (χ3v) is 9.95. The van der Waals surface area contributed by atoms with E-state index in [4.69, 9.17) is 4.74 Å². The highest BCUT2D eigenvalue weighted by molar-refractivity contribution is 5.90. The van der Waals surface area contributed by atoms with Gasteiger partial charge in [-0.1, -0.05) is 44.2 Å². The third-order valence-electron chi connectivity index (χ3n) is 9.95. The first-order valence-corrected chi connectivity index (χ1v) is 17.7. The summed E-state index contributed by atoms with van der Waals surface area (Å²) in [7, 11) is 1.65. The van der Waals surface area contributed by atoms with Crippen molar-refractivity contribution in [3.63, 3.8) is 0 Å². The summed E-state index contributed by atoms with van der Waals surface area (Å²) < 4.78 is 5.31. The van der Waals surface area contributed by atoms with Gasteiger partial charge in [0.1, 0.15) is 5.75 Å². The molecule has 272 valence electrons. The van der Waals surface area contributed by atoms with Crippen LogP contribution in [0.4, 0.5) is 32.3 Å². The molecule has 1 saturated heterocycles. The van der Waals surface area contributed by atoms with Crippen LogP contribution in [0.5, 0.6) is 5.75 Å². The molecule has 51 heavy (non-hydrogen) atoms. The molecule has 3 aromatic carbocycles. The Morgan fingerprint density at radius 2 is 1.45 bits per heavy atom. The predicted octanol–water partition coefficient (Wildman–Crippen LogP) is 7.21. The highest BCUT2D eigenvalue weighted by Gasteiger charge is 2.33. The predicted molar refractivity (Wildman–Crippen MR) is 195 cm³/mol. The molecular weight excluding hydrogens is 654 g/mol. The largest absolute Gasteiger partial charge is 0.497 e.